The van der Waals surface area contributed by atoms with Gasteiger partial charge in [0.15, 0.2) is 0 Å². The van der Waals surface area contributed by atoms with Gasteiger partial charge >= 0.3 is 0 Å². The topological polar surface area (TPSA) is 85.1 Å². The summed E-state index contributed by atoms with van der Waals surface area (Å²) in [6.45, 7) is 2.13. The molecule has 0 amide bonds. The van der Waals surface area contributed by atoms with Crippen molar-refractivity contribution >= 4 is 38.4 Å². The van der Waals surface area contributed by atoms with E-state index in [1.807, 2.05) is 6.92 Å². The van der Waals surface area contributed by atoms with Gasteiger partial charge in [-0.2, -0.15) is 0 Å². The minimum absolute atomic E-state index is 0.207. The van der Waals surface area contributed by atoms with Crippen molar-refractivity contribution in [1.29, 1.82) is 0 Å². The second-order valence-corrected chi connectivity index (χ2v) is 7.61. The Kier molecular flexibility index (Phi) is 3.48. The zero-order valence-electron chi connectivity index (χ0n) is 9.00. The number of nitrogen functional groups attached to an aromatic ring is 1. The molecule has 17 heavy (non-hydrogen) atoms. The SMILES string of the molecule is Cc1cnc(CNS(=O)(=O)c2cc(N)cs2)s1. The smallest absolute Gasteiger partial charge is 0.250 e. The van der Waals surface area contributed by atoms with Gasteiger partial charge in [0.05, 0.1) is 6.54 Å². The molecule has 0 spiro atoms. The molecule has 2 rings (SSSR count). The van der Waals surface area contributed by atoms with Crippen LogP contribution in [-0.4, -0.2) is 13.4 Å². The molecule has 0 radical (unpaired) electrons. The first-order valence-corrected chi connectivity index (χ1v) is 7.90. The number of rotatable bonds is 4. The Bertz CT molecular complexity index is 615. The van der Waals surface area contributed by atoms with Crippen LogP contribution in [-0.2, 0) is 16.6 Å². The highest BCUT2D eigenvalue weighted by Gasteiger charge is 2.16. The summed E-state index contributed by atoms with van der Waals surface area (Å²) in [6.07, 6.45) is 1.72. The minimum atomic E-state index is -3.47. The van der Waals surface area contributed by atoms with Crippen LogP contribution in [0.2, 0.25) is 0 Å². The lowest BCUT2D eigenvalue weighted by Gasteiger charge is -2.01. The van der Waals surface area contributed by atoms with E-state index in [-0.39, 0.29) is 10.8 Å². The molecule has 0 aliphatic heterocycles. The van der Waals surface area contributed by atoms with Crippen molar-refractivity contribution in [3.8, 4) is 0 Å². The number of thiazole rings is 1. The van der Waals surface area contributed by atoms with E-state index in [2.05, 4.69) is 9.71 Å². The maximum atomic E-state index is 11.8. The molecule has 8 heteroatoms. The Morgan fingerprint density at radius 3 is 2.82 bits per heavy atom. The Balaban J connectivity index is 2.08. The molecular weight excluding hydrogens is 278 g/mol. The van der Waals surface area contributed by atoms with Crippen LogP contribution in [0.4, 0.5) is 5.69 Å². The summed E-state index contributed by atoms with van der Waals surface area (Å²) in [5.74, 6) is 0. The molecule has 3 N–H and O–H groups in total. The van der Waals surface area contributed by atoms with Crippen molar-refractivity contribution in [3.05, 3.63) is 27.5 Å². The van der Waals surface area contributed by atoms with Crippen LogP contribution in [0.5, 0.6) is 0 Å². The summed E-state index contributed by atoms with van der Waals surface area (Å²) in [6, 6.07) is 1.44. The first-order valence-electron chi connectivity index (χ1n) is 4.72. The van der Waals surface area contributed by atoms with Crippen LogP contribution < -0.4 is 10.5 Å². The summed E-state index contributed by atoms with van der Waals surface area (Å²) >= 11 is 2.57. The zero-order chi connectivity index (χ0) is 12.5. The highest BCUT2D eigenvalue weighted by molar-refractivity contribution is 7.91. The third kappa shape index (κ3) is 3.03. The molecular formula is C9H11N3O2S3. The van der Waals surface area contributed by atoms with Gasteiger partial charge in [-0.1, -0.05) is 0 Å². The number of hydrogen-bond acceptors (Lipinski definition) is 6. The molecule has 2 aromatic heterocycles. The van der Waals surface area contributed by atoms with Gasteiger partial charge in [-0.05, 0) is 13.0 Å². The summed E-state index contributed by atoms with van der Waals surface area (Å²) in [7, 11) is -3.47. The van der Waals surface area contributed by atoms with Gasteiger partial charge in [0.2, 0.25) is 0 Å². The molecule has 0 aliphatic carbocycles. The fourth-order valence-corrected chi connectivity index (χ4v) is 4.11. The van der Waals surface area contributed by atoms with Gasteiger partial charge in [0.25, 0.3) is 10.0 Å². The highest BCUT2D eigenvalue weighted by atomic mass is 32.2. The molecule has 0 saturated heterocycles. The van der Waals surface area contributed by atoms with Gasteiger partial charge in [0.1, 0.15) is 9.22 Å². The van der Waals surface area contributed by atoms with Gasteiger partial charge in [-0.3, -0.25) is 0 Å². The number of aromatic nitrogens is 1. The van der Waals surface area contributed by atoms with Gasteiger partial charge in [0, 0.05) is 22.1 Å². The van der Waals surface area contributed by atoms with Crippen molar-refractivity contribution in [2.45, 2.75) is 17.7 Å². The lowest BCUT2D eigenvalue weighted by molar-refractivity contribution is 0.583. The van der Waals surface area contributed by atoms with E-state index in [4.69, 9.17) is 5.73 Å². The molecule has 0 aliphatic rings. The van der Waals surface area contributed by atoms with E-state index in [9.17, 15) is 8.42 Å². The molecule has 2 aromatic rings. The fourth-order valence-electron chi connectivity index (χ4n) is 1.18. The quantitative estimate of drug-likeness (QED) is 0.894. The van der Waals surface area contributed by atoms with E-state index >= 15 is 0 Å². The molecule has 0 bridgehead atoms. The lowest BCUT2D eigenvalue weighted by Crippen LogP contribution is -2.22. The minimum Gasteiger partial charge on any atom is -0.398 e. The monoisotopic (exact) mass is 289 g/mol. The maximum absolute atomic E-state index is 11.8. The number of aryl methyl sites for hydroxylation is 1. The number of nitrogens with zero attached hydrogens (tertiary/aromatic N) is 1. The van der Waals surface area contributed by atoms with E-state index in [1.54, 1.807) is 11.6 Å². The summed E-state index contributed by atoms with van der Waals surface area (Å²) in [4.78, 5) is 5.14. The van der Waals surface area contributed by atoms with E-state index < -0.39 is 10.0 Å². The number of nitrogens with one attached hydrogen (secondary N) is 1. The standard InChI is InChI=1S/C9H11N3O2S3/c1-6-3-11-8(16-6)4-12-17(13,14)9-2-7(10)5-15-9/h2-3,5,12H,4,10H2,1H3. The third-order valence-corrected chi connectivity index (χ3v) is 5.71. The lowest BCUT2D eigenvalue weighted by atomic mass is 10.6. The fraction of sp³-hybridized carbons (Fsp3) is 0.222. The molecule has 0 fully saturated rings. The zero-order valence-corrected chi connectivity index (χ0v) is 11.5. The van der Waals surface area contributed by atoms with E-state index in [0.717, 1.165) is 21.2 Å². The van der Waals surface area contributed by atoms with Gasteiger partial charge in [-0.25, -0.2) is 18.1 Å². The summed E-state index contributed by atoms with van der Waals surface area (Å²) in [5.41, 5.74) is 5.95. The predicted molar refractivity (Wildman–Crippen MR) is 69.6 cm³/mol. The van der Waals surface area contributed by atoms with Gasteiger partial charge in [-0.15, -0.1) is 22.7 Å². The normalized spacial score (nSPS) is 11.8. The van der Waals surface area contributed by atoms with Crippen molar-refractivity contribution in [2.24, 2.45) is 0 Å². The van der Waals surface area contributed by atoms with Gasteiger partial charge < -0.3 is 5.73 Å². The number of thiophene rings is 1. The molecule has 0 saturated carbocycles. The summed E-state index contributed by atoms with van der Waals surface area (Å²) < 4.78 is 26.4. The van der Waals surface area contributed by atoms with Crippen LogP contribution in [0.3, 0.4) is 0 Å². The van der Waals surface area contributed by atoms with Crippen LogP contribution >= 0.6 is 22.7 Å². The van der Waals surface area contributed by atoms with Crippen LogP contribution in [0.1, 0.15) is 9.88 Å². The predicted octanol–water partition coefficient (Wildman–Crippen LogP) is 1.57. The number of nitrogens with two attached hydrogens (primary N) is 1. The van der Waals surface area contributed by atoms with Crippen molar-refractivity contribution in [1.82, 2.24) is 9.71 Å². The maximum Gasteiger partial charge on any atom is 0.250 e. The molecule has 92 valence electrons. The number of anilines is 1. The second kappa shape index (κ2) is 4.73. The van der Waals surface area contributed by atoms with Crippen molar-refractivity contribution < 1.29 is 8.42 Å². The first-order chi connectivity index (χ1) is 7.97. The van der Waals surface area contributed by atoms with Crippen LogP contribution in [0.25, 0.3) is 0 Å². The largest absolute Gasteiger partial charge is 0.398 e. The Morgan fingerprint density at radius 2 is 2.29 bits per heavy atom. The average molecular weight is 289 g/mol. The van der Waals surface area contributed by atoms with E-state index in [1.165, 1.54) is 17.4 Å². The summed E-state index contributed by atoms with van der Waals surface area (Å²) in [5, 5.41) is 2.35. The van der Waals surface area contributed by atoms with Crippen molar-refractivity contribution in [2.75, 3.05) is 5.73 Å². The van der Waals surface area contributed by atoms with Crippen LogP contribution in [0.15, 0.2) is 21.9 Å². The third-order valence-electron chi connectivity index (χ3n) is 1.94. The molecule has 0 unspecified atom stereocenters. The Morgan fingerprint density at radius 1 is 1.53 bits per heavy atom. The molecule has 2 heterocycles. The molecule has 0 aromatic carbocycles. The molecule has 5 nitrogen and oxygen atoms in total. The number of sulfonamides is 1. The second-order valence-electron chi connectivity index (χ2n) is 3.39. The Labute approximate surface area is 107 Å². The first kappa shape index (κ1) is 12.5. The average Bonchev–Trinajstić information content (AvgIpc) is 2.85. The highest BCUT2D eigenvalue weighted by Crippen LogP contribution is 2.21. The Hall–Kier alpha value is -0.960. The van der Waals surface area contributed by atoms with Crippen molar-refractivity contribution in [3.63, 3.8) is 0 Å². The van der Waals surface area contributed by atoms with Crippen LogP contribution in [0, 0.1) is 6.92 Å². The number of hydrogen-bond donors (Lipinski definition) is 2. The van der Waals surface area contributed by atoms with E-state index in [0.29, 0.717) is 5.69 Å². The molecule has 0 atom stereocenters.